The Morgan fingerprint density at radius 2 is 2.05 bits per heavy atom. The van der Waals surface area contributed by atoms with Crippen LogP contribution in [0.2, 0.25) is 0 Å². The molecule has 0 atom stereocenters. The van der Waals surface area contributed by atoms with Crippen LogP contribution >= 0.6 is 0 Å². The van der Waals surface area contributed by atoms with E-state index in [9.17, 15) is 9.90 Å². The minimum atomic E-state index is -0.856. The van der Waals surface area contributed by atoms with Crippen molar-refractivity contribution in [2.45, 2.75) is 37.5 Å². The SMILES string of the molecule is Cn1nc(C2(C(=O)O)CCCCC2)c2cc(N)ccc21. The molecule has 0 radical (unpaired) electrons. The minimum Gasteiger partial charge on any atom is -0.481 e. The summed E-state index contributed by atoms with van der Waals surface area (Å²) in [5, 5.41) is 15.2. The van der Waals surface area contributed by atoms with Gasteiger partial charge in [-0.25, -0.2) is 0 Å². The van der Waals surface area contributed by atoms with Gasteiger partial charge in [-0.05, 0) is 31.0 Å². The van der Waals surface area contributed by atoms with Gasteiger partial charge in [-0.3, -0.25) is 9.48 Å². The minimum absolute atomic E-state index is 0.642. The number of aromatic nitrogens is 2. The van der Waals surface area contributed by atoms with E-state index in [4.69, 9.17) is 5.73 Å². The van der Waals surface area contributed by atoms with Gasteiger partial charge in [0.25, 0.3) is 0 Å². The van der Waals surface area contributed by atoms with Crippen LogP contribution in [0.15, 0.2) is 18.2 Å². The normalized spacial score (nSPS) is 18.2. The number of nitrogens with zero attached hydrogens (tertiary/aromatic N) is 2. The molecule has 0 amide bonds. The van der Waals surface area contributed by atoms with Crippen molar-refractivity contribution in [1.82, 2.24) is 9.78 Å². The molecule has 5 heteroatoms. The Hall–Kier alpha value is -2.04. The van der Waals surface area contributed by atoms with E-state index in [1.54, 1.807) is 4.68 Å². The Kier molecular flexibility index (Phi) is 2.92. The zero-order valence-electron chi connectivity index (χ0n) is 11.6. The number of rotatable bonds is 2. The molecule has 1 fully saturated rings. The predicted molar refractivity (Wildman–Crippen MR) is 77.5 cm³/mol. The summed E-state index contributed by atoms with van der Waals surface area (Å²) in [5.74, 6) is -0.764. The Morgan fingerprint density at radius 3 is 2.70 bits per heavy atom. The average molecular weight is 273 g/mol. The number of hydrogen-bond acceptors (Lipinski definition) is 3. The Bertz CT molecular complexity index is 669. The van der Waals surface area contributed by atoms with Gasteiger partial charge in [-0.2, -0.15) is 5.10 Å². The van der Waals surface area contributed by atoms with Crippen molar-refractivity contribution in [2.24, 2.45) is 7.05 Å². The topological polar surface area (TPSA) is 81.1 Å². The summed E-state index contributed by atoms with van der Waals surface area (Å²) in [7, 11) is 1.85. The van der Waals surface area contributed by atoms with Crippen LogP contribution in [0.3, 0.4) is 0 Å². The van der Waals surface area contributed by atoms with E-state index in [0.29, 0.717) is 24.2 Å². The molecule has 0 aliphatic heterocycles. The van der Waals surface area contributed by atoms with Crippen LogP contribution in [-0.2, 0) is 17.3 Å². The highest BCUT2D eigenvalue weighted by atomic mass is 16.4. The maximum absolute atomic E-state index is 11.9. The molecule has 1 heterocycles. The van der Waals surface area contributed by atoms with E-state index >= 15 is 0 Å². The van der Waals surface area contributed by atoms with Gasteiger partial charge in [-0.1, -0.05) is 19.3 Å². The second-order valence-electron chi connectivity index (χ2n) is 5.70. The summed E-state index contributed by atoms with van der Waals surface area (Å²) >= 11 is 0. The van der Waals surface area contributed by atoms with E-state index in [2.05, 4.69) is 5.10 Å². The molecule has 5 nitrogen and oxygen atoms in total. The third kappa shape index (κ3) is 1.77. The number of fused-ring (bicyclic) bond motifs is 1. The first-order chi connectivity index (χ1) is 9.54. The van der Waals surface area contributed by atoms with Gasteiger partial charge < -0.3 is 10.8 Å². The number of hydrogen-bond donors (Lipinski definition) is 2. The fraction of sp³-hybridized carbons (Fsp3) is 0.467. The predicted octanol–water partition coefficient (Wildman–Crippen LogP) is 2.44. The Labute approximate surface area is 117 Å². The highest BCUT2D eigenvalue weighted by Gasteiger charge is 2.44. The van der Waals surface area contributed by atoms with Gasteiger partial charge in [0.1, 0.15) is 5.41 Å². The van der Waals surface area contributed by atoms with E-state index in [0.717, 1.165) is 30.2 Å². The summed E-state index contributed by atoms with van der Waals surface area (Å²) < 4.78 is 1.75. The number of aliphatic carboxylic acids is 1. The van der Waals surface area contributed by atoms with Crippen LogP contribution in [-0.4, -0.2) is 20.9 Å². The zero-order valence-corrected chi connectivity index (χ0v) is 11.6. The van der Waals surface area contributed by atoms with Crippen LogP contribution in [0.25, 0.3) is 10.9 Å². The molecule has 1 aliphatic rings. The molecular weight excluding hydrogens is 254 g/mol. The first kappa shape index (κ1) is 13.0. The summed E-state index contributed by atoms with van der Waals surface area (Å²) in [4.78, 5) is 11.9. The van der Waals surface area contributed by atoms with Gasteiger partial charge in [0, 0.05) is 18.1 Å². The van der Waals surface area contributed by atoms with Gasteiger partial charge in [-0.15, -0.1) is 0 Å². The number of carboxylic acids is 1. The molecule has 0 saturated heterocycles. The first-order valence-electron chi connectivity index (χ1n) is 7.01. The third-order valence-corrected chi connectivity index (χ3v) is 4.44. The molecular formula is C15H19N3O2. The third-order valence-electron chi connectivity index (χ3n) is 4.44. The lowest BCUT2D eigenvalue weighted by Crippen LogP contribution is -2.38. The van der Waals surface area contributed by atoms with Gasteiger partial charge in [0.05, 0.1) is 11.2 Å². The lowest BCUT2D eigenvalue weighted by Gasteiger charge is -2.31. The molecule has 1 saturated carbocycles. The van der Waals surface area contributed by atoms with Gasteiger partial charge in [0.2, 0.25) is 0 Å². The second kappa shape index (κ2) is 4.51. The molecule has 1 aromatic carbocycles. The van der Waals surface area contributed by atoms with Crippen molar-refractivity contribution in [1.29, 1.82) is 0 Å². The summed E-state index contributed by atoms with van der Waals surface area (Å²) in [6.45, 7) is 0. The quantitative estimate of drug-likeness (QED) is 0.823. The van der Waals surface area contributed by atoms with Crippen LogP contribution < -0.4 is 5.73 Å². The maximum Gasteiger partial charge on any atom is 0.315 e. The van der Waals surface area contributed by atoms with Crippen LogP contribution in [0, 0.1) is 0 Å². The fourth-order valence-electron chi connectivity index (χ4n) is 3.34. The number of anilines is 1. The molecule has 3 N–H and O–H groups in total. The van der Waals surface area contributed by atoms with Gasteiger partial charge >= 0.3 is 5.97 Å². The lowest BCUT2D eigenvalue weighted by atomic mass is 9.71. The van der Waals surface area contributed by atoms with Crippen LogP contribution in [0.4, 0.5) is 5.69 Å². The van der Waals surface area contributed by atoms with E-state index in [1.807, 2.05) is 25.2 Å². The van der Waals surface area contributed by atoms with E-state index in [1.165, 1.54) is 0 Å². The maximum atomic E-state index is 11.9. The highest BCUT2D eigenvalue weighted by Crippen LogP contribution is 2.42. The van der Waals surface area contributed by atoms with Crippen molar-refractivity contribution in [2.75, 3.05) is 5.73 Å². The Morgan fingerprint density at radius 1 is 1.35 bits per heavy atom. The standard InChI is InChI=1S/C15H19N3O2/c1-18-12-6-5-10(16)9-11(12)13(17-18)15(14(19)20)7-3-2-4-8-15/h5-6,9H,2-4,7-8,16H2,1H3,(H,19,20). The van der Waals surface area contributed by atoms with E-state index in [-0.39, 0.29) is 0 Å². The molecule has 3 rings (SSSR count). The molecule has 106 valence electrons. The summed E-state index contributed by atoms with van der Waals surface area (Å²) in [6.07, 6.45) is 4.29. The van der Waals surface area contributed by atoms with Crippen molar-refractivity contribution in [3.8, 4) is 0 Å². The van der Waals surface area contributed by atoms with Gasteiger partial charge in [0.15, 0.2) is 0 Å². The zero-order chi connectivity index (χ0) is 14.3. The second-order valence-corrected chi connectivity index (χ2v) is 5.70. The number of carboxylic acid groups (broad SMARTS) is 1. The molecule has 1 aliphatic carbocycles. The molecule has 0 bridgehead atoms. The number of nitrogens with two attached hydrogens (primary N) is 1. The number of carbonyl (C=O) groups is 1. The molecule has 0 unspecified atom stereocenters. The number of nitrogen functional groups attached to an aromatic ring is 1. The number of aryl methyl sites for hydroxylation is 1. The van der Waals surface area contributed by atoms with Crippen LogP contribution in [0.5, 0.6) is 0 Å². The summed E-state index contributed by atoms with van der Waals surface area (Å²) in [5.41, 5.74) is 7.26. The smallest absolute Gasteiger partial charge is 0.315 e. The van der Waals surface area contributed by atoms with Crippen molar-refractivity contribution in [3.63, 3.8) is 0 Å². The molecule has 0 spiro atoms. The first-order valence-corrected chi connectivity index (χ1v) is 7.01. The van der Waals surface area contributed by atoms with Crippen molar-refractivity contribution < 1.29 is 9.90 Å². The molecule has 1 aromatic heterocycles. The Balaban J connectivity index is 2.26. The van der Waals surface area contributed by atoms with Crippen LogP contribution in [0.1, 0.15) is 37.8 Å². The monoisotopic (exact) mass is 273 g/mol. The number of benzene rings is 1. The largest absolute Gasteiger partial charge is 0.481 e. The van der Waals surface area contributed by atoms with Crippen molar-refractivity contribution >= 4 is 22.6 Å². The van der Waals surface area contributed by atoms with Crippen molar-refractivity contribution in [3.05, 3.63) is 23.9 Å². The fourth-order valence-corrected chi connectivity index (χ4v) is 3.34. The molecule has 20 heavy (non-hydrogen) atoms. The van der Waals surface area contributed by atoms with E-state index < -0.39 is 11.4 Å². The lowest BCUT2D eigenvalue weighted by molar-refractivity contribution is -0.145. The average Bonchev–Trinajstić information content (AvgIpc) is 2.76. The highest BCUT2D eigenvalue weighted by molar-refractivity contribution is 5.92. The molecule has 2 aromatic rings. The summed E-state index contributed by atoms with van der Waals surface area (Å²) in [6, 6.07) is 5.57.